The van der Waals surface area contributed by atoms with Crippen LogP contribution in [0.25, 0.3) is 0 Å². The van der Waals surface area contributed by atoms with Crippen molar-refractivity contribution in [2.75, 3.05) is 32.9 Å². The molecule has 1 rings (SSSR count). The number of hydrogen-bond acceptors (Lipinski definition) is 4. The normalized spacial score (nSPS) is 22.6. The molecule has 114 valence electrons. The maximum Gasteiger partial charge on any atom is 0.211 e. The molecule has 1 N–H and O–H groups in total. The van der Waals surface area contributed by atoms with Gasteiger partial charge in [0.25, 0.3) is 0 Å². The van der Waals surface area contributed by atoms with Gasteiger partial charge in [-0.05, 0) is 20.0 Å². The molecule has 1 atom stereocenters. The molecule has 5 nitrogen and oxygen atoms in total. The Morgan fingerprint density at radius 2 is 2.00 bits per heavy atom. The predicted molar refractivity (Wildman–Crippen MR) is 79.1 cm³/mol. The van der Waals surface area contributed by atoms with Crippen molar-refractivity contribution in [2.24, 2.45) is 0 Å². The van der Waals surface area contributed by atoms with Crippen molar-refractivity contribution < 1.29 is 12.8 Å². The van der Waals surface area contributed by atoms with Crippen molar-refractivity contribution in [3.63, 3.8) is 0 Å². The van der Waals surface area contributed by atoms with E-state index < -0.39 is 15.9 Å². The topological polar surface area (TPSA) is 52.7 Å². The summed E-state index contributed by atoms with van der Waals surface area (Å²) in [7, 11) is -1.31. The van der Waals surface area contributed by atoms with Crippen LogP contribution in [-0.4, -0.2) is 56.6 Å². The van der Waals surface area contributed by atoms with E-state index in [0.29, 0.717) is 31.0 Å². The molecule has 20 heavy (non-hydrogen) atoms. The standard InChI is InChI=1S/C13H22FN3O2S/c1-10(14)8-11(2)15-12(3)13-9-17(20(5,18)19)7-6-16(13)4/h8,13,15H,1,3,6-7,9H2,2,4-5H3/b11-8+. The third kappa shape index (κ3) is 4.73. The second kappa shape index (κ2) is 6.51. The van der Waals surface area contributed by atoms with Crippen LogP contribution >= 0.6 is 0 Å². The molecular formula is C13H22FN3O2S. The Hall–Kier alpha value is -1.18. The molecule has 1 aliphatic heterocycles. The zero-order valence-corrected chi connectivity index (χ0v) is 13.0. The molecular weight excluding hydrogens is 281 g/mol. The van der Waals surface area contributed by atoms with Gasteiger partial charge in [-0.15, -0.1) is 0 Å². The van der Waals surface area contributed by atoms with Gasteiger partial charge < -0.3 is 5.32 Å². The average molecular weight is 303 g/mol. The van der Waals surface area contributed by atoms with E-state index in [2.05, 4.69) is 18.5 Å². The van der Waals surface area contributed by atoms with Crippen molar-refractivity contribution in [1.82, 2.24) is 14.5 Å². The second-order valence-corrected chi connectivity index (χ2v) is 7.02. The zero-order chi connectivity index (χ0) is 15.5. The molecule has 0 aliphatic carbocycles. The number of allylic oxidation sites excluding steroid dienone is 3. The monoisotopic (exact) mass is 303 g/mol. The molecule has 0 spiro atoms. The highest BCUT2D eigenvalue weighted by molar-refractivity contribution is 7.88. The minimum absolute atomic E-state index is 0.158. The largest absolute Gasteiger partial charge is 0.362 e. The highest BCUT2D eigenvalue weighted by Crippen LogP contribution is 2.16. The van der Waals surface area contributed by atoms with Gasteiger partial charge in [0, 0.05) is 31.0 Å². The van der Waals surface area contributed by atoms with Crippen LogP contribution in [-0.2, 0) is 10.0 Å². The first-order valence-corrected chi connectivity index (χ1v) is 8.10. The molecule has 0 saturated carbocycles. The maximum atomic E-state index is 12.7. The highest BCUT2D eigenvalue weighted by atomic mass is 32.2. The van der Waals surface area contributed by atoms with E-state index in [-0.39, 0.29) is 6.04 Å². The fourth-order valence-corrected chi connectivity index (χ4v) is 2.96. The summed E-state index contributed by atoms with van der Waals surface area (Å²) in [5.74, 6) is -0.544. The molecule has 1 unspecified atom stereocenters. The molecule has 0 aromatic heterocycles. The Morgan fingerprint density at radius 3 is 2.50 bits per heavy atom. The quantitative estimate of drug-likeness (QED) is 0.772. The summed E-state index contributed by atoms with van der Waals surface area (Å²) in [4.78, 5) is 2.02. The number of halogens is 1. The first-order valence-electron chi connectivity index (χ1n) is 6.25. The number of hydrogen-bond donors (Lipinski definition) is 1. The van der Waals surface area contributed by atoms with Crippen LogP contribution in [0.2, 0.25) is 0 Å². The number of sulfonamides is 1. The van der Waals surface area contributed by atoms with Gasteiger partial charge in [-0.25, -0.2) is 12.8 Å². The van der Waals surface area contributed by atoms with Crippen LogP contribution < -0.4 is 5.32 Å². The molecule has 0 radical (unpaired) electrons. The van der Waals surface area contributed by atoms with Gasteiger partial charge in [0.2, 0.25) is 10.0 Å². The summed E-state index contributed by atoms with van der Waals surface area (Å²) < 4.78 is 37.4. The number of likely N-dealkylation sites (N-methyl/N-ethyl adjacent to an activating group) is 1. The van der Waals surface area contributed by atoms with E-state index in [0.717, 1.165) is 0 Å². The summed E-state index contributed by atoms with van der Waals surface area (Å²) in [5, 5.41) is 2.99. The average Bonchev–Trinajstić information content (AvgIpc) is 2.26. The van der Waals surface area contributed by atoms with Gasteiger partial charge in [-0.3, -0.25) is 4.90 Å². The summed E-state index contributed by atoms with van der Waals surface area (Å²) in [5.41, 5.74) is 1.21. The van der Waals surface area contributed by atoms with Gasteiger partial charge in [-0.1, -0.05) is 13.2 Å². The van der Waals surface area contributed by atoms with E-state index in [1.165, 1.54) is 16.6 Å². The zero-order valence-electron chi connectivity index (χ0n) is 12.2. The lowest BCUT2D eigenvalue weighted by Crippen LogP contribution is -2.54. The predicted octanol–water partition coefficient (Wildman–Crippen LogP) is 1.05. The van der Waals surface area contributed by atoms with Gasteiger partial charge in [0.15, 0.2) is 0 Å². The number of nitrogens with zero attached hydrogens (tertiary/aromatic N) is 2. The molecule has 1 heterocycles. The lowest BCUT2D eigenvalue weighted by atomic mass is 10.1. The molecule has 0 aromatic rings. The first kappa shape index (κ1) is 16.9. The van der Waals surface area contributed by atoms with Crippen molar-refractivity contribution in [3.8, 4) is 0 Å². The minimum atomic E-state index is -3.21. The third-order valence-corrected chi connectivity index (χ3v) is 4.48. The van der Waals surface area contributed by atoms with E-state index >= 15 is 0 Å². The van der Waals surface area contributed by atoms with Crippen molar-refractivity contribution >= 4 is 10.0 Å². The maximum absolute atomic E-state index is 12.7. The summed E-state index contributed by atoms with van der Waals surface area (Å²) in [6, 6.07) is -0.158. The fraction of sp³-hybridized carbons (Fsp3) is 0.538. The Labute approximate surface area is 120 Å². The number of rotatable bonds is 5. The molecule has 0 aromatic carbocycles. The van der Waals surface area contributed by atoms with Crippen molar-refractivity contribution in [3.05, 3.63) is 36.5 Å². The van der Waals surface area contributed by atoms with Gasteiger partial charge >= 0.3 is 0 Å². The van der Waals surface area contributed by atoms with E-state index in [1.54, 1.807) is 6.92 Å². The SMILES string of the molecule is C=C(F)/C=C(\C)NC(=C)C1CN(S(C)(=O)=O)CCN1C. The van der Waals surface area contributed by atoms with Crippen molar-refractivity contribution in [2.45, 2.75) is 13.0 Å². The third-order valence-electron chi connectivity index (χ3n) is 3.21. The van der Waals surface area contributed by atoms with E-state index in [4.69, 9.17) is 0 Å². The molecule has 1 saturated heterocycles. The summed E-state index contributed by atoms with van der Waals surface area (Å²) >= 11 is 0. The first-order chi connectivity index (χ1) is 9.11. The Bertz CT molecular complexity index is 528. The fourth-order valence-electron chi connectivity index (χ4n) is 2.13. The van der Waals surface area contributed by atoms with Gasteiger partial charge in [-0.2, -0.15) is 4.31 Å². The van der Waals surface area contributed by atoms with Crippen LogP contribution in [0.3, 0.4) is 0 Å². The van der Waals surface area contributed by atoms with E-state index in [1.807, 2.05) is 11.9 Å². The second-order valence-electron chi connectivity index (χ2n) is 5.04. The molecule has 1 aliphatic rings. The van der Waals surface area contributed by atoms with Gasteiger partial charge in [0.1, 0.15) is 5.83 Å². The van der Waals surface area contributed by atoms with E-state index in [9.17, 15) is 12.8 Å². The lowest BCUT2D eigenvalue weighted by Gasteiger charge is -2.39. The van der Waals surface area contributed by atoms with Crippen LogP contribution in [0.4, 0.5) is 4.39 Å². The summed E-state index contributed by atoms with van der Waals surface area (Å²) in [6.45, 7) is 10.2. The Morgan fingerprint density at radius 1 is 1.40 bits per heavy atom. The smallest absolute Gasteiger partial charge is 0.211 e. The van der Waals surface area contributed by atoms with Crippen molar-refractivity contribution in [1.29, 1.82) is 0 Å². The molecule has 1 fully saturated rings. The molecule has 0 amide bonds. The number of piperazine rings is 1. The Kier molecular flexibility index (Phi) is 5.50. The minimum Gasteiger partial charge on any atom is -0.362 e. The molecule has 0 bridgehead atoms. The van der Waals surface area contributed by atoms with Crippen LogP contribution in [0.5, 0.6) is 0 Å². The highest BCUT2D eigenvalue weighted by Gasteiger charge is 2.30. The van der Waals surface area contributed by atoms with Crippen LogP contribution in [0, 0.1) is 0 Å². The van der Waals surface area contributed by atoms with Crippen LogP contribution in [0.15, 0.2) is 36.5 Å². The Balaban J connectivity index is 2.77. The van der Waals surface area contributed by atoms with Gasteiger partial charge in [0.05, 0.1) is 12.3 Å². The number of nitrogens with one attached hydrogen (secondary N) is 1. The van der Waals surface area contributed by atoms with Crippen LogP contribution in [0.1, 0.15) is 6.92 Å². The molecule has 7 heteroatoms. The summed E-state index contributed by atoms with van der Waals surface area (Å²) in [6.07, 6.45) is 2.46. The lowest BCUT2D eigenvalue weighted by molar-refractivity contribution is 0.167.